The van der Waals surface area contributed by atoms with Gasteiger partial charge in [-0.15, -0.1) is 0 Å². The molecule has 9 nitrogen and oxygen atoms in total. The Bertz CT molecular complexity index is 324. The van der Waals surface area contributed by atoms with Crippen molar-refractivity contribution >= 4 is 11.8 Å². The maximum Gasteiger partial charge on any atom is 0.231 e. The Balaban J connectivity index is 2.66. The van der Waals surface area contributed by atoms with Gasteiger partial charge in [-0.25, -0.2) is 0 Å². The normalized spacial score (nSPS) is 21.2. The molecule has 0 aromatic carbocycles. The summed E-state index contributed by atoms with van der Waals surface area (Å²) in [5, 5.41) is 9.32. The molecule has 1 unspecified atom stereocenters. The predicted octanol–water partition coefficient (Wildman–Crippen LogP) is -3.85. The molecule has 122 valence electrons. The number of aliphatic hydroxyl groups is 1. The smallest absolute Gasteiger partial charge is 0.231 e. The number of hydrogen-bond donors (Lipinski definition) is 4. The average molecular weight is 302 g/mol. The van der Waals surface area contributed by atoms with Crippen molar-refractivity contribution in [2.45, 2.75) is 6.23 Å². The molecular formula is C12H26N6O3. The van der Waals surface area contributed by atoms with Crippen molar-refractivity contribution in [1.82, 2.24) is 14.7 Å². The lowest BCUT2D eigenvalue weighted by Crippen LogP contribution is -2.44. The Morgan fingerprint density at radius 3 is 1.48 bits per heavy atom. The minimum Gasteiger partial charge on any atom is -0.377 e. The topological polar surface area (TPSA) is 142 Å². The summed E-state index contributed by atoms with van der Waals surface area (Å²) in [5.74, 6) is -0.776. The molecular weight excluding hydrogens is 276 g/mol. The molecule has 1 aliphatic heterocycles. The van der Waals surface area contributed by atoms with Gasteiger partial charge in [-0.3, -0.25) is 24.3 Å². The van der Waals surface area contributed by atoms with Crippen LogP contribution in [0.25, 0.3) is 0 Å². The van der Waals surface area contributed by atoms with Gasteiger partial charge in [0.1, 0.15) is 6.23 Å². The molecule has 0 saturated carbocycles. The van der Waals surface area contributed by atoms with Crippen LogP contribution in [-0.2, 0) is 9.59 Å². The van der Waals surface area contributed by atoms with E-state index >= 15 is 0 Å². The van der Waals surface area contributed by atoms with E-state index in [4.69, 9.17) is 17.2 Å². The minimum absolute atomic E-state index is 0.170. The number of carbonyl (C=O) groups excluding carboxylic acids is 2. The van der Waals surface area contributed by atoms with Gasteiger partial charge in [-0.1, -0.05) is 0 Å². The van der Waals surface area contributed by atoms with Gasteiger partial charge in [0.2, 0.25) is 11.8 Å². The first-order valence-corrected chi connectivity index (χ1v) is 7.04. The second-order valence-corrected chi connectivity index (χ2v) is 5.35. The maximum absolute atomic E-state index is 11.1. The fourth-order valence-electron chi connectivity index (χ4n) is 2.39. The summed E-state index contributed by atoms with van der Waals surface area (Å²) in [5.41, 5.74) is 15.9. The zero-order valence-electron chi connectivity index (χ0n) is 12.3. The molecule has 1 heterocycles. The molecule has 2 amide bonds. The number of primary amides is 2. The molecule has 0 spiro atoms. The third-order valence-corrected chi connectivity index (χ3v) is 3.40. The largest absolute Gasteiger partial charge is 0.377 e. The van der Waals surface area contributed by atoms with Gasteiger partial charge in [-0.2, -0.15) is 0 Å². The van der Waals surface area contributed by atoms with Crippen LogP contribution in [0.3, 0.4) is 0 Å². The summed E-state index contributed by atoms with van der Waals surface area (Å²) in [6.45, 7) is 4.60. The minimum atomic E-state index is -0.917. The molecule has 0 aliphatic carbocycles. The fraction of sp³-hybridized carbons (Fsp3) is 0.833. The van der Waals surface area contributed by atoms with Gasteiger partial charge in [-0.05, 0) is 0 Å². The monoisotopic (exact) mass is 302 g/mol. The third kappa shape index (κ3) is 7.93. The number of hydrogen-bond acceptors (Lipinski definition) is 7. The van der Waals surface area contributed by atoms with E-state index < -0.39 is 6.23 Å². The number of aliphatic hydroxyl groups excluding tert-OH is 1. The number of nitrogens with zero attached hydrogens (tertiary/aromatic N) is 3. The van der Waals surface area contributed by atoms with Crippen molar-refractivity contribution in [3.63, 3.8) is 0 Å². The van der Waals surface area contributed by atoms with Crippen molar-refractivity contribution in [3.8, 4) is 0 Å². The number of amides is 2. The van der Waals surface area contributed by atoms with E-state index in [0.717, 1.165) is 0 Å². The molecule has 1 saturated heterocycles. The first-order valence-electron chi connectivity index (χ1n) is 7.04. The molecule has 7 N–H and O–H groups in total. The van der Waals surface area contributed by atoms with Crippen LogP contribution in [0.1, 0.15) is 0 Å². The molecule has 21 heavy (non-hydrogen) atoms. The van der Waals surface area contributed by atoms with Gasteiger partial charge < -0.3 is 22.3 Å². The van der Waals surface area contributed by atoms with Crippen molar-refractivity contribution in [2.24, 2.45) is 17.2 Å². The molecule has 0 bridgehead atoms. The zero-order chi connectivity index (χ0) is 15.8. The Morgan fingerprint density at radius 1 is 0.857 bits per heavy atom. The van der Waals surface area contributed by atoms with Gasteiger partial charge >= 0.3 is 0 Å². The maximum atomic E-state index is 11.1. The Morgan fingerprint density at radius 2 is 1.19 bits per heavy atom. The Hall–Kier alpha value is -1.26. The van der Waals surface area contributed by atoms with Gasteiger partial charge in [0.25, 0.3) is 0 Å². The molecule has 1 rings (SSSR count). The van der Waals surface area contributed by atoms with Crippen molar-refractivity contribution in [1.29, 1.82) is 0 Å². The number of β-amino-alcohol motifs (C(OH)–C–C–N with tert-alkyl or cyclic N) is 1. The Labute approximate surface area is 124 Å². The molecule has 9 heteroatoms. The zero-order valence-corrected chi connectivity index (χ0v) is 12.3. The Kier molecular flexibility index (Phi) is 7.54. The van der Waals surface area contributed by atoms with Crippen LogP contribution >= 0.6 is 0 Å². The second-order valence-electron chi connectivity index (χ2n) is 5.35. The van der Waals surface area contributed by atoms with Gasteiger partial charge in [0.15, 0.2) is 0 Å². The first-order chi connectivity index (χ1) is 9.86. The van der Waals surface area contributed by atoms with Crippen LogP contribution in [0.15, 0.2) is 0 Å². The lowest BCUT2D eigenvalue weighted by molar-refractivity contribution is -0.120. The third-order valence-electron chi connectivity index (χ3n) is 3.40. The molecule has 0 aromatic heterocycles. The molecule has 1 fully saturated rings. The molecule has 0 radical (unpaired) electrons. The van der Waals surface area contributed by atoms with E-state index in [1.807, 2.05) is 14.7 Å². The number of nitrogens with two attached hydrogens (primary N) is 3. The van der Waals surface area contributed by atoms with Crippen molar-refractivity contribution in [2.75, 3.05) is 58.9 Å². The van der Waals surface area contributed by atoms with E-state index in [-0.39, 0.29) is 24.9 Å². The highest BCUT2D eigenvalue weighted by molar-refractivity contribution is 5.76. The molecule has 1 atom stereocenters. The highest BCUT2D eigenvalue weighted by atomic mass is 16.3. The second kappa shape index (κ2) is 8.90. The van der Waals surface area contributed by atoms with Crippen LogP contribution in [0.5, 0.6) is 0 Å². The fourth-order valence-corrected chi connectivity index (χ4v) is 2.39. The van der Waals surface area contributed by atoms with E-state index in [2.05, 4.69) is 0 Å². The quantitative estimate of drug-likeness (QED) is 0.368. The number of rotatable bonds is 6. The highest BCUT2D eigenvalue weighted by Gasteiger charge is 2.19. The van der Waals surface area contributed by atoms with E-state index in [0.29, 0.717) is 45.8 Å². The van der Waals surface area contributed by atoms with E-state index in [1.54, 1.807) is 0 Å². The lowest BCUT2D eigenvalue weighted by atomic mass is 10.4. The van der Waals surface area contributed by atoms with Crippen LogP contribution < -0.4 is 17.2 Å². The molecule has 1 aliphatic rings. The van der Waals surface area contributed by atoms with Gasteiger partial charge in [0, 0.05) is 45.8 Å². The van der Waals surface area contributed by atoms with Crippen molar-refractivity contribution < 1.29 is 14.7 Å². The SMILES string of the molecule is NC(=O)CN1CCN(CC(N)=O)CCN(CC(N)O)CC1. The highest BCUT2D eigenvalue weighted by Crippen LogP contribution is 2.00. The first kappa shape index (κ1) is 17.8. The molecule has 0 aromatic rings. The summed E-state index contributed by atoms with van der Waals surface area (Å²) >= 11 is 0. The van der Waals surface area contributed by atoms with Crippen LogP contribution in [-0.4, -0.2) is 96.8 Å². The van der Waals surface area contributed by atoms with E-state index in [1.165, 1.54) is 0 Å². The van der Waals surface area contributed by atoms with E-state index in [9.17, 15) is 14.7 Å². The summed E-state index contributed by atoms with van der Waals surface area (Å²) in [4.78, 5) is 28.0. The summed E-state index contributed by atoms with van der Waals surface area (Å²) in [6, 6.07) is 0. The number of carbonyl (C=O) groups is 2. The predicted molar refractivity (Wildman–Crippen MR) is 77.9 cm³/mol. The van der Waals surface area contributed by atoms with Crippen LogP contribution in [0, 0.1) is 0 Å². The van der Waals surface area contributed by atoms with Gasteiger partial charge in [0.05, 0.1) is 13.1 Å². The lowest BCUT2D eigenvalue weighted by Gasteiger charge is -2.26. The summed E-state index contributed by atoms with van der Waals surface area (Å²) in [7, 11) is 0. The average Bonchev–Trinajstić information content (AvgIpc) is 2.42. The van der Waals surface area contributed by atoms with Crippen LogP contribution in [0.2, 0.25) is 0 Å². The van der Waals surface area contributed by atoms with Crippen molar-refractivity contribution in [3.05, 3.63) is 0 Å². The summed E-state index contributed by atoms with van der Waals surface area (Å²) < 4.78 is 0. The standard InChI is InChI=1S/C12H26N6O3/c13-10(19)7-16-1-2-17(8-11(14)20)5-6-18(4-3-16)9-12(15)21/h10,19H,1-9,13H2,(H2,14,20)(H2,15,21). The summed E-state index contributed by atoms with van der Waals surface area (Å²) in [6.07, 6.45) is -0.917. The van der Waals surface area contributed by atoms with Crippen LogP contribution in [0.4, 0.5) is 0 Å².